The average Bonchev–Trinajstić information content (AvgIpc) is 2.52. The van der Waals surface area contributed by atoms with Crippen LogP contribution in [-0.2, 0) is 11.2 Å². The topological polar surface area (TPSA) is 38.3 Å². The van der Waals surface area contributed by atoms with Crippen LogP contribution < -0.4 is 10.1 Å². The van der Waals surface area contributed by atoms with Crippen LogP contribution in [0.4, 0.5) is 0 Å². The smallest absolute Gasteiger partial charge is 0.257 e. The largest absolute Gasteiger partial charge is 0.482 e. The number of aryl methyl sites for hydroxylation is 1. The van der Waals surface area contributed by atoms with Crippen LogP contribution in [0.2, 0.25) is 15.1 Å². The van der Waals surface area contributed by atoms with Crippen molar-refractivity contribution in [3.8, 4) is 5.75 Å². The van der Waals surface area contributed by atoms with Gasteiger partial charge in [-0.25, -0.2) is 0 Å². The fourth-order valence-electron chi connectivity index (χ4n) is 1.96. The summed E-state index contributed by atoms with van der Waals surface area (Å²) in [4.78, 5) is 11.7. The van der Waals surface area contributed by atoms with Crippen molar-refractivity contribution in [2.75, 3.05) is 13.2 Å². The fraction of sp³-hybridized carbons (Fsp3) is 0.235. The van der Waals surface area contributed by atoms with Crippen LogP contribution in [0.15, 0.2) is 42.5 Å². The van der Waals surface area contributed by atoms with Crippen molar-refractivity contribution in [1.29, 1.82) is 0 Å². The molecule has 23 heavy (non-hydrogen) atoms. The van der Waals surface area contributed by atoms with Gasteiger partial charge in [0.15, 0.2) is 6.61 Å². The number of halogens is 3. The molecule has 3 nitrogen and oxygen atoms in total. The first-order chi connectivity index (χ1) is 11.0. The Hall–Kier alpha value is -1.42. The summed E-state index contributed by atoms with van der Waals surface area (Å²) in [5.74, 6) is 0.250. The van der Waals surface area contributed by atoms with Gasteiger partial charge in [0, 0.05) is 16.6 Å². The van der Waals surface area contributed by atoms with Crippen molar-refractivity contribution in [3.63, 3.8) is 0 Å². The predicted molar refractivity (Wildman–Crippen MR) is 94.7 cm³/mol. The number of rotatable bonds is 7. The zero-order valence-corrected chi connectivity index (χ0v) is 14.6. The maximum atomic E-state index is 11.7. The summed E-state index contributed by atoms with van der Waals surface area (Å²) in [5.41, 5.74) is 1.19. The molecule has 0 fully saturated rings. The molecule has 0 aliphatic rings. The normalized spacial score (nSPS) is 10.4. The lowest BCUT2D eigenvalue weighted by Crippen LogP contribution is -2.29. The lowest BCUT2D eigenvalue weighted by Gasteiger charge is -2.09. The van der Waals surface area contributed by atoms with Gasteiger partial charge in [0.2, 0.25) is 0 Å². The number of hydrogen-bond acceptors (Lipinski definition) is 2. The molecule has 0 heterocycles. The number of benzene rings is 2. The molecule has 1 N–H and O–H groups in total. The first-order valence-corrected chi connectivity index (χ1v) is 8.27. The lowest BCUT2D eigenvalue weighted by atomic mass is 10.1. The Morgan fingerprint density at radius 2 is 1.70 bits per heavy atom. The molecule has 0 radical (unpaired) electrons. The maximum Gasteiger partial charge on any atom is 0.257 e. The maximum absolute atomic E-state index is 11.7. The van der Waals surface area contributed by atoms with E-state index in [1.165, 1.54) is 5.56 Å². The third-order valence-electron chi connectivity index (χ3n) is 3.13. The standard InChI is InChI=1S/C17H16Cl3NO2/c18-13-5-3-12(4-6-13)2-1-9-21-17(22)11-23-16-8-7-14(19)10-15(16)20/h3-8,10H,1-2,9,11H2,(H,21,22). The Balaban J connectivity index is 1.66. The highest BCUT2D eigenvalue weighted by atomic mass is 35.5. The van der Waals surface area contributed by atoms with E-state index in [4.69, 9.17) is 39.5 Å². The molecule has 2 rings (SSSR count). The first-order valence-electron chi connectivity index (χ1n) is 7.13. The Morgan fingerprint density at radius 1 is 1.00 bits per heavy atom. The molecule has 0 aliphatic heterocycles. The molecular formula is C17H16Cl3NO2. The summed E-state index contributed by atoms with van der Waals surface area (Å²) >= 11 is 17.6. The van der Waals surface area contributed by atoms with Crippen molar-refractivity contribution in [3.05, 3.63) is 63.1 Å². The first kappa shape index (κ1) is 17.9. The summed E-state index contributed by atoms with van der Waals surface area (Å²) in [5, 5.41) is 4.43. The third kappa shape index (κ3) is 6.30. The molecule has 0 spiro atoms. The van der Waals surface area contributed by atoms with E-state index in [0.717, 1.165) is 17.9 Å². The van der Waals surface area contributed by atoms with Gasteiger partial charge < -0.3 is 10.1 Å². The van der Waals surface area contributed by atoms with E-state index in [0.29, 0.717) is 22.3 Å². The van der Waals surface area contributed by atoms with Gasteiger partial charge in [-0.05, 0) is 48.7 Å². The van der Waals surface area contributed by atoms with Gasteiger partial charge in [0.1, 0.15) is 5.75 Å². The molecule has 6 heteroatoms. The van der Waals surface area contributed by atoms with Crippen molar-refractivity contribution < 1.29 is 9.53 Å². The number of nitrogens with one attached hydrogen (secondary N) is 1. The second kappa shape index (κ2) is 9.02. The molecule has 0 saturated carbocycles. The van der Waals surface area contributed by atoms with Gasteiger partial charge in [0.05, 0.1) is 5.02 Å². The van der Waals surface area contributed by atoms with E-state index >= 15 is 0 Å². The van der Waals surface area contributed by atoms with Crippen molar-refractivity contribution in [2.45, 2.75) is 12.8 Å². The number of ether oxygens (including phenoxy) is 1. The molecule has 0 atom stereocenters. The molecule has 2 aromatic carbocycles. The highest BCUT2D eigenvalue weighted by Crippen LogP contribution is 2.27. The van der Waals surface area contributed by atoms with Crippen molar-refractivity contribution in [2.24, 2.45) is 0 Å². The zero-order valence-electron chi connectivity index (χ0n) is 12.3. The number of carbonyl (C=O) groups is 1. The summed E-state index contributed by atoms with van der Waals surface area (Å²) in [7, 11) is 0. The average molecular weight is 373 g/mol. The highest BCUT2D eigenvalue weighted by molar-refractivity contribution is 6.35. The van der Waals surface area contributed by atoms with Crippen LogP contribution in [0.5, 0.6) is 5.75 Å². The molecule has 2 aromatic rings. The SMILES string of the molecule is O=C(COc1ccc(Cl)cc1Cl)NCCCc1ccc(Cl)cc1. The molecule has 0 bridgehead atoms. The van der Waals surface area contributed by atoms with E-state index in [2.05, 4.69) is 5.32 Å². The van der Waals surface area contributed by atoms with E-state index in [1.807, 2.05) is 24.3 Å². The molecule has 0 unspecified atom stereocenters. The van der Waals surface area contributed by atoms with Gasteiger partial charge >= 0.3 is 0 Å². The van der Waals surface area contributed by atoms with Crippen LogP contribution in [0, 0.1) is 0 Å². The summed E-state index contributed by atoms with van der Waals surface area (Å²) in [6, 6.07) is 12.6. The van der Waals surface area contributed by atoms with Gasteiger partial charge in [-0.2, -0.15) is 0 Å². The van der Waals surface area contributed by atoms with Gasteiger partial charge in [-0.15, -0.1) is 0 Å². The van der Waals surface area contributed by atoms with E-state index in [-0.39, 0.29) is 12.5 Å². The summed E-state index contributed by atoms with van der Waals surface area (Å²) < 4.78 is 5.36. The zero-order chi connectivity index (χ0) is 16.7. The van der Waals surface area contributed by atoms with Crippen LogP contribution in [0.1, 0.15) is 12.0 Å². The Labute approximate surface area is 150 Å². The number of hydrogen-bond donors (Lipinski definition) is 1. The van der Waals surface area contributed by atoms with Crippen LogP contribution in [0.3, 0.4) is 0 Å². The van der Waals surface area contributed by atoms with Gasteiger partial charge in [-0.1, -0.05) is 46.9 Å². The van der Waals surface area contributed by atoms with Crippen LogP contribution in [-0.4, -0.2) is 19.1 Å². The summed E-state index contributed by atoms with van der Waals surface area (Å²) in [6.07, 6.45) is 1.72. The third-order valence-corrected chi connectivity index (χ3v) is 3.91. The number of amides is 1. The minimum absolute atomic E-state index is 0.0811. The minimum Gasteiger partial charge on any atom is -0.482 e. The lowest BCUT2D eigenvalue weighted by molar-refractivity contribution is -0.123. The Kier molecular flexibility index (Phi) is 7.03. The van der Waals surface area contributed by atoms with Crippen LogP contribution >= 0.6 is 34.8 Å². The molecule has 0 saturated heterocycles. The Morgan fingerprint density at radius 3 is 2.39 bits per heavy atom. The second-order valence-electron chi connectivity index (χ2n) is 4.94. The molecular weight excluding hydrogens is 357 g/mol. The molecule has 1 amide bonds. The quantitative estimate of drug-likeness (QED) is 0.711. The molecule has 122 valence electrons. The van der Waals surface area contributed by atoms with Gasteiger partial charge in [0.25, 0.3) is 5.91 Å². The summed E-state index contributed by atoms with van der Waals surface area (Å²) in [6.45, 7) is 0.501. The highest BCUT2D eigenvalue weighted by Gasteiger charge is 2.06. The van der Waals surface area contributed by atoms with Gasteiger partial charge in [-0.3, -0.25) is 4.79 Å². The van der Waals surface area contributed by atoms with E-state index in [1.54, 1.807) is 18.2 Å². The minimum atomic E-state index is -0.188. The van der Waals surface area contributed by atoms with Crippen molar-refractivity contribution in [1.82, 2.24) is 5.32 Å². The van der Waals surface area contributed by atoms with Crippen molar-refractivity contribution >= 4 is 40.7 Å². The Bertz CT molecular complexity index is 659. The molecule has 0 aliphatic carbocycles. The van der Waals surface area contributed by atoms with E-state index < -0.39 is 0 Å². The second-order valence-corrected chi connectivity index (χ2v) is 6.22. The fourth-order valence-corrected chi connectivity index (χ4v) is 2.55. The monoisotopic (exact) mass is 371 g/mol. The van der Waals surface area contributed by atoms with Crippen LogP contribution in [0.25, 0.3) is 0 Å². The predicted octanol–water partition coefficient (Wildman–Crippen LogP) is 4.77. The molecule has 0 aromatic heterocycles. The van der Waals surface area contributed by atoms with E-state index in [9.17, 15) is 4.79 Å². The number of carbonyl (C=O) groups excluding carboxylic acids is 1.